The van der Waals surface area contributed by atoms with Crippen LogP contribution in [0.3, 0.4) is 0 Å². The van der Waals surface area contributed by atoms with Gasteiger partial charge in [0, 0.05) is 25.0 Å². The monoisotopic (exact) mass is 338 g/mol. The highest BCUT2D eigenvalue weighted by molar-refractivity contribution is 5.82. The van der Waals surface area contributed by atoms with Crippen LogP contribution in [0.15, 0.2) is 48.5 Å². The SMILES string of the molecule is CN1Cc2ccc(F)cc2C[C@H]1CNC(=O)C1CC1c1ccccc1. The summed E-state index contributed by atoms with van der Waals surface area (Å²) in [6.45, 7) is 1.41. The van der Waals surface area contributed by atoms with Gasteiger partial charge in [0.2, 0.25) is 5.91 Å². The standard InChI is InChI=1S/C21H23FN2O/c1-24-13-15-7-8-17(22)9-16(15)10-18(24)12-23-21(25)20-11-19(20)14-5-3-2-4-6-14/h2-9,18-20H,10-13H2,1H3,(H,23,25)/t18-,19?,20?/m0/s1. The molecule has 1 amide bonds. The maximum atomic E-state index is 13.5. The van der Waals surface area contributed by atoms with Crippen LogP contribution in [-0.2, 0) is 17.8 Å². The van der Waals surface area contributed by atoms with Crippen LogP contribution in [0, 0.1) is 11.7 Å². The molecule has 1 aliphatic carbocycles. The summed E-state index contributed by atoms with van der Waals surface area (Å²) in [7, 11) is 2.06. The highest BCUT2D eigenvalue weighted by Crippen LogP contribution is 2.47. The topological polar surface area (TPSA) is 32.3 Å². The summed E-state index contributed by atoms with van der Waals surface area (Å²) < 4.78 is 13.5. The second kappa shape index (κ2) is 6.60. The maximum absolute atomic E-state index is 13.5. The van der Waals surface area contributed by atoms with Gasteiger partial charge in [0.05, 0.1) is 0 Å². The number of hydrogen-bond acceptors (Lipinski definition) is 2. The van der Waals surface area contributed by atoms with Gasteiger partial charge in [0.25, 0.3) is 0 Å². The van der Waals surface area contributed by atoms with Crippen molar-refractivity contribution in [2.45, 2.75) is 31.3 Å². The number of halogens is 1. The number of rotatable bonds is 4. The first-order valence-corrected chi connectivity index (χ1v) is 8.92. The highest BCUT2D eigenvalue weighted by atomic mass is 19.1. The van der Waals surface area contributed by atoms with Gasteiger partial charge in [-0.15, -0.1) is 0 Å². The zero-order valence-electron chi connectivity index (χ0n) is 14.4. The van der Waals surface area contributed by atoms with Crippen LogP contribution in [0.1, 0.15) is 29.0 Å². The molecule has 3 atom stereocenters. The molecular formula is C21H23FN2O. The molecule has 130 valence electrons. The Hall–Kier alpha value is -2.20. The minimum absolute atomic E-state index is 0.0982. The fourth-order valence-electron chi connectivity index (χ4n) is 3.88. The van der Waals surface area contributed by atoms with E-state index >= 15 is 0 Å². The zero-order chi connectivity index (χ0) is 17.4. The fourth-order valence-corrected chi connectivity index (χ4v) is 3.88. The van der Waals surface area contributed by atoms with Crippen molar-refractivity contribution in [1.82, 2.24) is 10.2 Å². The molecule has 1 heterocycles. The number of nitrogens with one attached hydrogen (secondary N) is 1. The van der Waals surface area contributed by atoms with Crippen molar-refractivity contribution < 1.29 is 9.18 Å². The third kappa shape index (κ3) is 3.45. The molecule has 0 spiro atoms. The number of amides is 1. The Kier molecular flexibility index (Phi) is 4.30. The van der Waals surface area contributed by atoms with E-state index in [0.717, 1.165) is 24.9 Å². The van der Waals surface area contributed by atoms with Crippen molar-refractivity contribution in [3.63, 3.8) is 0 Å². The number of benzene rings is 2. The molecule has 4 heteroatoms. The largest absolute Gasteiger partial charge is 0.354 e. The molecule has 4 rings (SSSR count). The third-order valence-corrected chi connectivity index (χ3v) is 5.53. The van der Waals surface area contributed by atoms with Gasteiger partial charge in [-0.05, 0) is 54.6 Å². The van der Waals surface area contributed by atoms with Gasteiger partial charge in [-0.25, -0.2) is 4.39 Å². The number of carbonyl (C=O) groups is 1. The number of hydrogen-bond donors (Lipinski definition) is 1. The lowest BCUT2D eigenvalue weighted by atomic mass is 9.94. The molecule has 0 radical (unpaired) electrons. The van der Waals surface area contributed by atoms with Crippen LogP contribution in [0.4, 0.5) is 4.39 Å². The number of likely N-dealkylation sites (N-methyl/N-ethyl adjacent to an activating group) is 1. The number of carbonyl (C=O) groups excluding carboxylic acids is 1. The van der Waals surface area contributed by atoms with Gasteiger partial charge in [-0.1, -0.05) is 36.4 Å². The van der Waals surface area contributed by atoms with Gasteiger partial charge in [-0.3, -0.25) is 9.69 Å². The Morgan fingerprint density at radius 1 is 1.20 bits per heavy atom. The first-order valence-electron chi connectivity index (χ1n) is 8.92. The summed E-state index contributed by atoms with van der Waals surface area (Å²) in [5, 5.41) is 3.12. The molecule has 1 fully saturated rings. The summed E-state index contributed by atoms with van der Waals surface area (Å²) in [5.41, 5.74) is 3.49. The van der Waals surface area contributed by atoms with E-state index < -0.39 is 0 Å². The van der Waals surface area contributed by atoms with E-state index in [9.17, 15) is 9.18 Å². The lowest BCUT2D eigenvalue weighted by Crippen LogP contribution is -2.45. The molecule has 0 aromatic heterocycles. The highest BCUT2D eigenvalue weighted by Gasteiger charge is 2.43. The Balaban J connectivity index is 1.33. The minimum Gasteiger partial charge on any atom is -0.354 e. The molecule has 25 heavy (non-hydrogen) atoms. The lowest BCUT2D eigenvalue weighted by Gasteiger charge is -2.34. The van der Waals surface area contributed by atoms with Gasteiger partial charge < -0.3 is 5.32 Å². The molecule has 0 bridgehead atoms. The number of nitrogens with zero attached hydrogens (tertiary/aromatic N) is 1. The summed E-state index contributed by atoms with van der Waals surface area (Å²) in [6, 6.07) is 15.5. The molecular weight excluding hydrogens is 315 g/mol. The van der Waals surface area contributed by atoms with E-state index in [0.29, 0.717) is 12.5 Å². The Morgan fingerprint density at radius 2 is 2.00 bits per heavy atom. The van der Waals surface area contributed by atoms with Gasteiger partial charge in [0.1, 0.15) is 5.82 Å². The lowest BCUT2D eigenvalue weighted by molar-refractivity contribution is -0.122. The number of fused-ring (bicyclic) bond motifs is 1. The maximum Gasteiger partial charge on any atom is 0.223 e. The second-order valence-corrected chi connectivity index (χ2v) is 7.29. The Morgan fingerprint density at radius 3 is 2.80 bits per heavy atom. The molecule has 1 aliphatic heterocycles. The summed E-state index contributed by atoms with van der Waals surface area (Å²) in [4.78, 5) is 14.7. The first-order chi connectivity index (χ1) is 12.1. The van der Waals surface area contributed by atoms with E-state index in [1.54, 1.807) is 6.07 Å². The average molecular weight is 338 g/mol. The molecule has 2 unspecified atom stereocenters. The molecule has 3 nitrogen and oxygen atoms in total. The first kappa shape index (κ1) is 16.3. The van der Waals surface area contributed by atoms with Crippen molar-refractivity contribution in [3.05, 3.63) is 71.0 Å². The van der Waals surface area contributed by atoms with Crippen LogP contribution in [0.2, 0.25) is 0 Å². The van der Waals surface area contributed by atoms with Gasteiger partial charge in [-0.2, -0.15) is 0 Å². The molecule has 1 saturated carbocycles. The van der Waals surface area contributed by atoms with Crippen molar-refractivity contribution in [1.29, 1.82) is 0 Å². The Labute approximate surface area is 147 Å². The predicted molar refractivity (Wildman–Crippen MR) is 95.7 cm³/mol. The van der Waals surface area contributed by atoms with Gasteiger partial charge >= 0.3 is 0 Å². The normalized spacial score (nSPS) is 25.3. The smallest absolute Gasteiger partial charge is 0.223 e. The zero-order valence-corrected chi connectivity index (χ0v) is 14.4. The molecule has 1 N–H and O–H groups in total. The van der Waals surface area contributed by atoms with Gasteiger partial charge in [0.15, 0.2) is 0 Å². The molecule has 0 saturated heterocycles. The predicted octanol–water partition coefficient (Wildman–Crippen LogP) is 3.10. The average Bonchev–Trinajstić information content (AvgIpc) is 3.42. The van der Waals surface area contributed by atoms with Crippen LogP contribution in [-0.4, -0.2) is 30.4 Å². The van der Waals surface area contributed by atoms with E-state index in [-0.39, 0.29) is 23.7 Å². The Bertz CT molecular complexity index is 777. The van der Waals surface area contributed by atoms with Crippen LogP contribution in [0.25, 0.3) is 0 Å². The van der Waals surface area contributed by atoms with E-state index in [2.05, 4.69) is 29.4 Å². The van der Waals surface area contributed by atoms with Crippen molar-refractivity contribution in [2.24, 2.45) is 5.92 Å². The quantitative estimate of drug-likeness (QED) is 0.929. The van der Waals surface area contributed by atoms with Crippen LogP contribution >= 0.6 is 0 Å². The van der Waals surface area contributed by atoms with Crippen molar-refractivity contribution >= 4 is 5.91 Å². The summed E-state index contributed by atoms with van der Waals surface area (Å²) >= 11 is 0. The fraction of sp³-hybridized carbons (Fsp3) is 0.381. The van der Waals surface area contributed by atoms with E-state index in [4.69, 9.17) is 0 Å². The minimum atomic E-state index is -0.185. The molecule has 2 aliphatic rings. The van der Waals surface area contributed by atoms with Crippen LogP contribution < -0.4 is 5.32 Å². The molecule has 2 aromatic rings. The van der Waals surface area contributed by atoms with Crippen molar-refractivity contribution in [3.8, 4) is 0 Å². The van der Waals surface area contributed by atoms with Crippen molar-refractivity contribution in [2.75, 3.05) is 13.6 Å². The third-order valence-electron chi connectivity index (χ3n) is 5.53. The summed E-state index contributed by atoms with van der Waals surface area (Å²) in [5.74, 6) is 0.420. The molecule has 2 aromatic carbocycles. The summed E-state index contributed by atoms with van der Waals surface area (Å²) in [6.07, 6.45) is 1.71. The van der Waals surface area contributed by atoms with E-state index in [1.807, 2.05) is 24.3 Å². The van der Waals surface area contributed by atoms with Crippen LogP contribution in [0.5, 0.6) is 0 Å². The van der Waals surface area contributed by atoms with E-state index in [1.165, 1.54) is 17.2 Å². The second-order valence-electron chi connectivity index (χ2n) is 7.29.